The number of hydrogen-bond acceptors (Lipinski definition) is 4. The van der Waals surface area contributed by atoms with Crippen LogP contribution in [0.15, 0.2) is 18.2 Å². The number of alkyl halides is 1. The SMILES string of the molecule is CC(C)n1c(CCl)nnc1-c1ccc([N+](=O)[O-])cc1F. The molecular formula is C12H12ClFN4O2. The summed E-state index contributed by atoms with van der Waals surface area (Å²) in [6, 6.07) is 3.42. The molecule has 0 fully saturated rings. The third-order valence-corrected chi connectivity index (χ3v) is 3.05. The molecule has 1 heterocycles. The third kappa shape index (κ3) is 2.49. The zero-order chi connectivity index (χ0) is 14.9. The van der Waals surface area contributed by atoms with Crippen LogP contribution in [-0.4, -0.2) is 19.7 Å². The van der Waals surface area contributed by atoms with Gasteiger partial charge in [-0.25, -0.2) is 4.39 Å². The smallest absolute Gasteiger partial charge is 0.272 e. The van der Waals surface area contributed by atoms with Crippen molar-refractivity contribution in [3.05, 3.63) is 40.0 Å². The maximum atomic E-state index is 14.0. The first-order valence-corrected chi connectivity index (χ1v) is 6.43. The van der Waals surface area contributed by atoms with E-state index in [2.05, 4.69) is 10.2 Å². The van der Waals surface area contributed by atoms with E-state index < -0.39 is 10.7 Å². The van der Waals surface area contributed by atoms with E-state index in [1.807, 2.05) is 13.8 Å². The summed E-state index contributed by atoms with van der Waals surface area (Å²) >= 11 is 5.78. The highest BCUT2D eigenvalue weighted by Crippen LogP contribution is 2.28. The molecule has 2 rings (SSSR count). The van der Waals surface area contributed by atoms with Gasteiger partial charge in [0.15, 0.2) is 5.82 Å². The van der Waals surface area contributed by atoms with Crippen LogP contribution in [0.3, 0.4) is 0 Å². The molecule has 0 saturated carbocycles. The van der Waals surface area contributed by atoms with Gasteiger partial charge in [-0.2, -0.15) is 0 Å². The molecule has 0 aliphatic heterocycles. The van der Waals surface area contributed by atoms with Gasteiger partial charge in [-0.05, 0) is 19.9 Å². The van der Waals surface area contributed by atoms with Crippen molar-refractivity contribution < 1.29 is 9.31 Å². The first-order valence-electron chi connectivity index (χ1n) is 5.89. The predicted molar refractivity (Wildman–Crippen MR) is 72.0 cm³/mol. The second-order valence-corrected chi connectivity index (χ2v) is 4.73. The van der Waals surface area contributed by atoms with Crippen LogP contribution in [0.5, 0.6) is 0 Å². The molecule has 8 heteroatoms. The summed E-state index contributed by atoms with van der Waals surface area (Å²) in [6.45, 7) is 3.79. The Labute approximate surface area is 119 Å². The highest BCUT2D eigenvalue weighted by Gasteiger charge is 2.20. The van der Waals surface area contributed by atoms with Gasteiger partial charge in [0.25, 0.3) is 5.69 Å². The lowest BCUT2D eigenvalue weighted by atomic mass is 10.1. The molecule has 0 atom stereocenters. The van der Waals surface area contributed by atoms with Gasteiger partial charge in [0, 0.05) is 12.1 Å². The Hall–Kier alpha value is -2.02. The number of halogens is 2. The van der Waals surface area contributed by atoms with Gasteiger partial charge >= 0.3 is 0 Å². The number of nitro groups is 1. The Morgan fingerprint density at radius 2 is 2.15 bits per heavy atom. The average Bonchev–Trinajstić information content (AvgIpc) is 2.82. The Kier molecular flexibility index (Phi) is 3.99. The van der Waals surface area contributed by atoms with Gasteiger partial charge in [-0.1, -0.05) is 0 Å². The lowest BCUT2D eigenvalue weighted by Crippen LogP contribution is -2.07. The number of nitro benzene ring substituents is 1. The van der Waals surface area contributed by atoms with E-state index in [1.54, 1.807) is 4.57 Å². The van der Waals surface area contributed by atoms with Crippen LogP contribution in [0.4, 0.5) is 10.1 Å². The van der Waals surface area contributed by atoms with E-state index in [-0.39, 0.29) is 23.2 Å². The number of benzene rings is 1. The molecule has 0 aliphatic carbocycles. The number of hydrogen-bond donors (Lipinski definition) is 0. The fourth-order valence-electron chi connectivity index (χ4n) is 1.94. The molecule has 0 unspecified atom stereocenters. The molecule has 0 radical (unpaired) electrons. The molecule has 0 N–H and O–H groups in total. The van der Waals surface area contributed by atoms with E-state index in [1.165, 1.54) is 12.1 Å². The maximum Gasteiger partial charge on any atom is 0.272 e. The second-order valence-electron chi connectivity index (χ2n) is 4.46. The molecule has 106 valence electrons. The van der Waals surface area contributed by atoms with Crippen LogP contribution < -0.4 is 0 Å². The van der Waals surface area contributed by atoms with Crippen LogP contribution in [0.1, 0.15) is 25.7 Å². The Morgan fingerprint density at radius 1 is 1.45 bits per heavy atom. The Balaban J connectivity index is 2.57. The number of nitrogens with zero attached hydrogens (tertiary/aromatic N) is 4. The molecule has 6 nitrogen and oxygen atoms in total. The van der Waals surface area contributed by atoms with Crippen molar-refractivity contribution >= 4 is 17.3 Å². The monoisotopic (exact) mass is 298 g/mol. The van der Waals surface area contributed by atoms with E-state index in [0.717, 1.165) is 6.07 Å². The van der Waals surface area contributed by atoms with Crippen LogP contribution in [-0.2, 0) is 5.88 Å². The number of non-ortho nitro benzene ring substituents is 1. The van der Waals surface area contributed by atoms with Crippen molar-refractivity contribution in [1.82, 2.24) is 14.8 Å². The van der Waals surface area contributed by atoms with Crippen molar-refractivity contribution in [2.75, 3.05) is 0 Å². The summed E-state index contributed by atoms with van der Waals surface area (Å²) in [5.41, 5.74) is -0.146. The van der Waals surface area contributed by atoms with Crippen LogP contribution in [0.25, 0.3) is 11.4 Å². The molecule has 1 aromatic carbocycles. The summed E-state index contributed by atoms with van der Waals surface area (Å²) in [4.78, 5) is 9.97. The Morgan fingerprint density at radius 3 is 2.65 bits per heavy atom. The predicted octanol–water partition coefficient (Wildman–Crippen LogP) is 3.31. The van der Waals surface area contributed by atoms with Crippen molar-refractivity contribution in [3.8, 4) is 11.4 Å². The van der Waals surface area contributed by atoms with E-state index in [0.29, 0.717) is 11.6 Å². The van der Waals surface area contributed by atoms with Crippen molar-refractivity contribution in [3.63, 3.8) is 0 Å². The maximum absolute atomic E-state index is 14.0. The van der Waals surface area contributed by atoms with Gasteiger partial charge in [-0.3, -0.25) is 10.1 Å². The molecular weight excluding hydrogens is 287 g/mol. The highest BCUT2D eigenvalue weighted by atomic mass is 35.5. The molecule has 0 aliphatic rings. The highest BCUT2D eigenvalue weighted by molar-refractivity contribution is 6.16. The summed E-state index contributed by atoms with van der Waals surface area (Å²) < 4.78 is 15.7. The molecule has 1 aromatic heterocycles. The van der Waals surface area contributed by atoms with Gasteiger partial charge in [0.05, 0.1) is 22.4 Å². The van der Waals surface area contributed by atoms with E-state index in [4.69, 9.17) is 11.6 Å². The molecule has 0 spiro atoms. The minimum absolute atomic E-state index is 0.0108. The lowest BCUT2D eigenvalue weighted by Gasteiger charge is -2.13. The minimum atomic E-state index is -0.713. The first kappa shape index (κ1) is 14.4. The molecule has 2 aromatic rings. The topological polar surface area (TPSA) is 73.8 Å². The summed E-state index contributed by atoms with van der Waals surface area (Å²) in [5.74, 6) is 0.270. The normalized spacial score (nSPS) is 11.1. The summed E-state index contributed by atoms with van der Waals surface area (Å²) in [6.07, 6.45) is 0. The number of aromatic nitrogens is 3. The van der Waals surface area contributed by atoms with Crippen LogP contribution in [0.2, 0.25) is 0 Å². The lowest BCUT2D eigenvalue weighted by molar-refractivity contribution is -0.385. The zero-order valence-electron chi connectivity index (χ0n) is 10.9. The van der Waals surface area contributed by atoms with Crippen molar-refractivity contribution in [2.24, 2.45) is 0 Å². The summed E-state index contributed by atoms with van der Waals surface area (Å²) in [7, 11) is 0. The van der Waals surface area contributed by atoms with Gasteiger partial charge in [-0.15, -0.1) is 21.8 Å². The van der Waals surface area contributed by atoms with Crippen molar-refractivity contribution in [2.45, 2.75) is 25.8 Å². The van der Waals surface area contributed by atoms with Crippen LogP contribution >= 0.6 is 11.6 Å². The molecule has 20 heavy (non-hydrogen) atoms. The van der Waals surface area contributed by atoms with Gasteiger partial charge in [0.2, 0.25) is 0 Å². The number of rotatable bonds is 4. The molecule has 0 amide bonds. The first-order chi connectivity index (χ1) is 9.45. The third-order valence-electron chi connectivity index (χ3n) is 2.81. The minimum Gasteiger partial charge on any atom is -0.307 e. The Bertz CT molecular complexity index is 657. The van der Waals surface area contributed by atoms with Gasteiger partial charge < -0.3 is 4.57 Å². The second kappa shape index (κ2) is 5.54. The van der Waals surface area contributed by atoms with Gasteiger partial charge in [0.1, 0.15) is 11.6 Å². The zero-order valence-corrected chi connectivity index (χ0v) is 11.6. The fourth-order valence-corrected chi connectivity index (χ4v) is 2.12. The van der Waals surface area contributed by atoms with E-state index in [9.17, 15) is 14.5 Å². The quantitative estimate of drug-likeness (QED) is 0.493. The molecule has 0 saturated heterocycles. The standard InChI is InChI=1S/C12H12ClFN4O2/c1-7(2)17-11(6-13)15-16-12(17)9-4-3-8(18(19)20)5-10(9)14/h3-5,7H,6H2,1-2H3. The van der Waals surface area contributed by atoms with Crippen molar-refractivity contribution in [1.29, 1.82) is 0 Å². The average molecular weight is 299 g/mol. The summed E-state index contributed by atoms with van der Waals surface area (Å²) in [5, 5.41) is 18.5. The fraction of sp³-hybridized carbons (Fsp3) is 0.333. The largest absolute Gasteiger partial charge is 0.307 e. The van der Waals surface area contributed by atoms with E-state index >= 15 is 0 Å². The molecule has 0 bridgehead atoms. The van der Waals surface area contributed by atoms with Crippen LogP contribution in [0, 0.1) is 15.9 Å².